The second-order valence-electron chi connectivity index (χ2n) is 5.19. The van der Waals surface area contributed by atoms with Crippen molar-refractivity contribution in [2.24, 2.45) is 7.05 Å². The van der Waals surface area contributed by atoms with Crippen molar-refractivity contribution in [1.29, 1.82) is 0 Å². The zero-order chi connectivity index (χ0) is 17.8. The summed E-state index contributed by atoms with van der Waals surface area (Å²) in [6.45, 7) is 0. The van der Waals surface area contributed by atoms with E-state index in [1.807, 2.05) is 35.9 Å². The lowest BCUT2D eigenvalue weighted by Gasteiger charge is -2.06. The molecule has 2 aromatic carbocycles. The molecule has 3 aromatic rings. The van der Waals surface area contributed by atoms with Gasteiger partial charge in [-0.3, -0.25) is 4.79 Å². The van der Waals surface area contributed by atoms with Crippen LogP contribution in [0.2, 0.25) is 0 Å². The van der Waals surface area contributed by atoms with Crippen LogP contribution in [0.4, 0.5) is 10.1 Å². The van der Waals surface area contributed by atoms with E-state index in [1.54, 1.807) is 0 Å². The largest absolute Gasteiger partial charge is 0.325 e. The molecule has 25 heavy (non-hydrogen) atoms. The third-order valence-corrected chi connectivity index (χ3v) is 5.12. The molecule has 0 unspecified atom stereocenters. The van der Waals surface area contributed by atoms with Crippen molar-refractivity contribution in [2.45, 2.75) is 5.16 Å². The Balaban J connectivity index is 1.65. The summed E-state index contributed by atoms with van der Waals surface area (Å²) in [4.78, 5) is 12.0. The Kier molecular flexibility index (Phi) is 5.50. The van der Waals surface area contributed by atoms with E-state index in [9.17, 15) is 9.18 Å². The first-order valence-corrected chi connectivity index (χ1v) is 9.15. The number of carbonyl (C=O) groups is 1. The summed E-state index contributed by atoms with van der Waals surface area (Å²) in [5, 5.41) is 11.7. The number of halogens is 2. The molecular formula is C17H14BrFN4OS. The molecule has 5 nitrogen and oxygen atoms in total. The van der Waals surface area contributed by atoms with Gasteiger partial charge in [0.05, 0.1) is 5.75 Å². The molecule has 0 radical (unpaired) electrons. The van der Waals surface area contributed by atoms with Crippen molar-refractivity contribution in [2.75, 3.05) is 11.1 Å². The highest BCUT2D eigenvalue weighted by Gasteiger charge is 2.14. The van der Waals surface area contributed by atoms with E-state index in [0.29, 0.717) is 16.7 Å². The highest BCUT2D eigenvalue weighted by Crippen LogP contribution is 2.28. The molecule has 128 valence electrons. The minimum atomic E-state index is -0.342. The molecule has 0 bridgehead atoms. The van der Waals surface area contributed by atoms with Gasteiger partial charge in [0.2, 0.25) is 5.91 Å². The fourth-order valence-electron chi connectivity index (χ4n) is 2.18. The van der Waals surface area contributed by atoms with Crippen molar-refractivity contribution in [3.8, 4) is 11.4 Å². The summed E-state index contributed by atoms with van der Waals surface area (Å²) in [6.07, 6.45) is 0. The van der Waals surface area contributed by atoms with Crippen LogP contribution in [0.25, 0.3) is 11.4 Å². The maximum absolute atomic E-state index is 12.9. The van der Waals surface area contributed by atoms with E-state index in [2.05, 4.69) is 31.4 Å². The van der Waals surface area contributed by atoms with Gasteiger partial charge in [-0.1, -0.05) is 45.9 Å². The van der Waals surface area contributed by atoms with Crippen LogP contribution < -0.4 is 5.32 Å². The highest BCUT2D eigenvalue weighted by atomic mass is 79.9. The van der Waals surface area contributed by atoms with Crippen LogP contribution in [-0.2, 0) is 11.8 Å². The molecule has 1 aromatic heterocycles. The van der Waals surface area contributed by atoms with Crippen LogP contribution in [0.15, 0.2) is 58.2 Å². The fraction of sp³-hybridized carbons (Fsp3) is 0.118. The van der Waals surface area contributed by atoms with Crippen molar-refractivity contribution < 1.29 is 9.18 Å². The number of anilines is 1. The lowest BCUT2D eigenvalue weighted by atomic mass is 10.2. The Bertz CT molecular complexity index is 898. The number of thioether (sulfide) groups is 1. The van der Waals surface area contributed by atoms with Crippen LogP contribution in [0.1, 0.15) is 0 Å². The molecule has 0 spiro atoms. The summed E-state index contributed by atoms with van der Waals surface area (Å²) in [6, 6.07) is 13.4. The SMILES string of the molecule is Cn1c(SCC(=O)Nc2ccc(F)cc2)nnc1-c1ccccc1Br. The minimum Gasteiger partial charge on any atom is -0.325 e. The van der Waals surface area contributed by atoms with Gasteiger partial charge in [0.1, 0.15) is 5.82 Å². The molecule has 0 fully saturated rings. The van der Waals surface area contributed by atoms with E-state index in [4.69, 9.17) is 0 Å². The number of aromatic nitrogens is 3. The van der Waals surface area contributed by atoms with Crippen LogP contribution in [0.5, 0.6) is 0 Å². The molecule has 3 rings (SSSR count). The first kappa shape index (κ1) is 17.6. The van der Waals surface area contributed by atoms with Gasteiger partial charge in [0, 0.05) is 22.8 Å². The summed E-state index contributed by atoms with van der Waals surface area (Å²) in [7, 11) is 1.86. The molecular weight excluding hydrogens is 407 g/mol. The average Bonchev–Trinajstić information content (AvgIpc) is 2.96. The van der Waals surface area contributed by atoms with Gasteiger partial charge < -0.3 is 9.88 Å². The molecule has 8 heteroatoms. The molecule has 0 aliphatic carbocycles. The second kappa shape index (κ2) is 7.79. The number of nitrogens with one attached hydrogen (secondary N) is 1. The van der Waals surface area contributed by atoms with E-state index in [1.165, 1.54) is 36.0 Å². The summed E-state index contributed by atoms with van der Waals surface area (Å²) < 4.78 is 15.6. The van der Waals surface area contributed by atoms with Gasteiger partial charge in [-0.05, 0) is 30.3 Å². The molecule has 1 N–H and O–H groups in total. The first-order valence-electron chi connectivity index (χ1n) is 7.37. The Hall–Kier alpha value is -2.19. The van der Waals surface area contributed by atoms with Crippen molar-refractivity contribution in [1.82, 2.24) is 14.8 Å². The van der Waals surface area contributed by atoms with Crippen molar-refractivity contribution in [3.63, 3.8) is 0 Å². The number of rotatable bonds is 5. The molecule has 0 atom stereocenters. The standard InChI is InChI=1S/C17H14BrFN4OS/c1-23-16(13-4-2-3-5-14(13)18)21-22-17(23)25-10-15(24)20-12-8-6-11(19)7-9-12/h2-9H,10H2,1H3,(H,20,24). The first-order chi connectivity index (χ1) is 12.0. The maximum atomic E-state index is 12.9. The van der Waals surface area contributed by atoms with Gasteiger partial charge >= 0.3 is 0 Å². The highest BCUT2D eigenvalue weighted by molar-refractivity contribution is 9.10. The summed E-state index contributed by atoms with van der Waals surface area (Å²) in [5.74, 6) is 0.362. The normalized spacial score (nSPS) is 10.7. The van der Waals surface area contributed by atoms with Crippen molar-refractivity contribution in [3.05, 3.63) is 58.8 Å². The third-order valence-electron chi connectivity index (χ3n) is 3.41. The average molecular weight is 421 g/mol. The van der Waals surface area contributed by atoms with E-state index >= 15 is 0 Å². The van der Waals surface area contributed by atoms with E-state index < -0.39 is 0 Å². The lowest BCUT2D eigenvalue weighted by Crippen LogP contribution is -2.14. The quantitative estimate of drug-likeness (QED) is 0.630. The number of benzene rings is 2. The number of nitrogens with zero attached hydrogens (tertiary/aromatic N) is 3. The third kappa shape index (κ3) is 4.26. The Morgan fingerprint density at radius 2 is 1.92 bits per heavy atom. The van der Waals surface area contributed by atoms with Gasteiger partial charge in [0.25, 0.3) is 0 Å². The zero-order valence-electron chi connectivity index (χ0n) is 13.2. The second-order valence-corrected chi connectivity index (χ2v) is 6.99. The molecule has 1 amide bonds. The molecule has 0 aliphatic rings. The number of carbonyl (C=O) groups excluding carboxylic acids is 1. The molecule has 0 saturated carbocycles. The van der Waals surface area contributed by atoms with E-state index in [-0.39, 0.29) is 17.5 Å². The molecule has 0 aliphatic heterocycles. The zero-order valence-corrected chi connectivity index (χ0v) is 15.6. The van der Waals surface area contributed by atoms with Gasteiger partial charge in [0.15, 0.2) is 11.0 Å². The fourth-order valence-corrected chi connectivity index (χ4v) is 3.35. The van der Waals surface area contributed by atoms with Crippen LogP contribution in [0.3, 0.4) is 0 Å². The lowest BCUT2D eigenvalue weighted by molar-refractivity contribution is -0.113. The predicted octanol–water partition coefficient (Wildman–Crippen LogP) is 4.11. The number of amides is 1. The van der Waals surface area contributed by atoms with Gasteiger partial charge in [-0.25, -0.2) is 4.39 Å². The number of hydrogen-bond donors (Lipinski definition) is 1. The predicted molar refractivity (Wildman–Crippen MR) is 99.9 cm³/mol. The minimum absolute atomic E-state index is 0.180. The monoisotopic (exact) mass is 420 g/mol. The Labute approximate surface area is 156 Å². The van der Waals surface area contributed by atoms with Gasteiger partial charge in [-0.2, -0.15) is 0 Å². The maximum Gasteiger partial charge on any atom is 0.234 e. The molecule has 0 saturated heterocycles. The van der Waals surface area contributed by atoms with Crippen LogP contribution in [-0.4, -0.2) is 26.4 Å². The smallest absolute Gasteiger partial charge is 0.234 e. The summed E-state index contributed by atoms with van der Waals surface area (Å²) >= 11 is 4.79. The van der Waals surface area contributed by atoms with Crippen LogP contribution in [0, 0.1) is 5.82 Å². The Morgan fingerprint density at radius 1 is 1.20 bits per heavy atom. The van der Waals surface area contributed by atoms with E-state index in [0.717, 1.165) is 10.0 Å². The number of hydrogen-bond acceptors (Lipinski definition) is 4. The van der Waals surface area contributed by atoms with Crippen molar-refractivity contribution >= 4 is 39.3 Å². The molecule has 1 heterocycles. The Morgan fingerprint density at radius 3 is 2.64 bits per heavy atom. The summed E-state index contributed by atoms with van der Waals surface area (Å²) in [5.41, 5.74) is 1.49. The van der Waals surface area contributed by atoms with Crippen LogP contribution >= 0.6 is 27.7 Å². The topological polar surface area (TPSA) is 59.8 Å². The van der Waals surface area contributed by atoms with Gasteiger partial charge in [-0.15, -0.1) is 10.2 Å².